The molecule has 0 spiro atoms. The minimum atomic E-state index is -1.15. The van der Waals surface area contributed by atoms with Gasteiger partial charge in [0.1, 0.15) is 6.04 Å². The Morgan fingerprint density at radius 2 is 1.40 bits per heavy atom. The van der Waals surface area contributed by atoms with Crippen LogP contribution in [0.15, 0.2) is 48.5 Å². The van der Waals surface area contributed by atoms with Crippen LogP contribution >= 0.6 is 0 Å². The number of hydrogen-bond acceptors (Lipinski definition) is 5. The van der Waals surface area contributed by atoms with Gasteiger partial charge in [-0.25, -0.2) is 4.79 Å². The molecule has 2 aromatic rings. The van der Waals surface area contributed by atoms with Crippen molar-refractivity contribution in [2.24, 2.45) is 0 Å². The van der Waals surface area contributed by atoms with Crippen molar-refractivity contribution >= 4 is 29.4 Å². The molecule has 1 N–H and O–H groups in total. The number of hydrogen-bond donors (Lipinski definition) is 1. The van der Waals surface area contributed by atoms with Crippen molar-refractivity contribution in [3.63, 3.8) is 0 Å². The summed E-state index contributed by atoms with van der Waals surface area (Å²) in [6.07, 6.45) is -1.10. The summed E-state index contributed by atoms with van der Waals surface area (Å²) >= 11 is 0. The van der Waals surface area contributed by atoms with Gasteiger partial charge in [-0.3, -0.25) is 19.3 Å². The molecule has 2 aromatic carbocycles. The van der Waals surface area contributed by atoms with E-state index in [-0.39, 0.29) is 11.1 Å². The van der Waals surface area contributed by atoms with Crippen molar-refractivity contribution in [3.05, 3.63) is 65.2 Å². The molecule has 2 atom stereocenters. The summed E-state index contributed by atoms with van der Waals surface area (Å²) in [6.45, 7) is 6.99. The maximum absolute atomic E-state index is 12.5. The van der Waals surface area contributed by atoms with E-state index in [0.717, 1.165) is 10.5 Å². The molecule has 1 aliphatic heterocycles. The van der Waals surface area contributed by atoms with Gasteiger partial charge >= 0.3 is 5.97 Å². The minimum Gasteiger partial charge on any atom is -0.451 e. The van der Waals surface area contributed by atoms with Crippen LogP contribution in [-0.2, 0) is 14.3 Å². The largest absolute Gasteiger partial charge is 0.451 e. The SMILES string of the molecule is CC(C)c1ccc(NC(=O)[C@H](C)OC(=O)[C@@H](C)N2C(=O)c3ccccc3C2=O)cc1. The molecule has 0 saturated carbocycles. The van der Waals surface area contributed by atoms with E-state index in [4.69, 9.17) is 4.74 Å². The Balaban J connectivity index is 1.61. The zero-order valence-corrected chi connectivity index (χ0v) is 17.3. The van der Waals surface area contributed by atoms with Crippen LogP contribution in [0.25, 0.3) is 0 Å². The van der Waals surface area contributed by atoms with Crippen LogP contribution in [0.2, 0.25) is 0 Å². The zero-order chi connectivity index (χ0) is 22.0. The first-order valence-electron chi connectivity index (χ1n) is 9.79. The zero-order valence-electron chi connectivity index (χ0n) is 17.3. The van der Waals surface area contributed by atoms with Gasteiger partial charge in [-0.15, -0.1) is 0 Å². The van der Waals surface area contributed by atoms with E-state index in [1.165, 1.54) is 26.0 Å². The highest BCUT2D eigenvalue weighted by Gasteiger charge is 2.41. The quantitative estimate of drug-likeness (QED) is 0.584. The summed E-state index contributed by atoms with van der Waals surface area (Å²) in [7, 11) is 0. The average molecular weight is 408 g/mol. The Labute approximate surface area is 175 Å². The van der Waals surface area contributed by atoms with Crippen molar-refractivity contribution in [1.82, 2.24) is 4.90 Å². The van der Waals surface area contributed by atoms with Crippen LogP contribution in [0.3, 0.4) is 0 Å². The Bertz CT molecular complexity index is 962. The van der Waals surface area contributed by atoms with Gasteiger partial charge in [-0.1, -0.05) is 38.1 Å². The van der Waals surface area contributed by atoms with Crippen molar-refractivity contribution < 1.29 is 23.9 Å². The standard InChI is InChI=1S/C23H24N2O5/c1-13(2)16-9-11-17(12-10-16)24-20(26)15(4)30-23(29)14(3)25-21(27)18-7-5-6-8-19(18)22(25)28/h5-15H,1-4H3,(H,24,26)/t14-,15+/m1/s1. The predicted octanol–water partition coefficient (Wildman–Crippen LogP) is 3.36. The number of carbonyl (C=O) groups excluding carboxylic acids is 4. The molecule has 30 heavy (non-hydrogen) atoms. The van der Waals surface area contributed by atoms with Crippen molar-refractivity contribution in [1.29, 1.82) is 0 Å². The van der Waals surface area contributed by atoms with Gasteiger partial charge in [-0.2, -0.15) is 0 Å². The van der Waals surface area contributed by atoms with Crippen molar-refractivity contribution in [2.45, 2.75) is 45.8 Å². The van der Waals surface area contributed by atoms with E-state index in [1.807, 2.05) is 12.1 Å². The van der Waals surface area contributed by atoms with E-state index in [9.17, 15) is 19.2 Å². The van der Waals surface area contributed by atoms with Crippen LogP contribution in [-0.4, -0.2) is 40.7 Å². The molecular weight excluding hydrogens is 384 g/mol. The number of amides is 3. The lowest BCUT2D eigenvalue weighted by molar-refractivity contribution is -0.156. The summed E-state index contributed by atoms with van der Waals surface area (Å²) in [6, 6.07) is 12.6. The molecule has 0 aromatic heterocycles. The van der Waals surface area contributed by atoms with Gasteiger partial charge < -0.3 is 10.1 Å². The third-order valence-electron chi connectivity index (χ3n) is 5.06. The normalized spacial score (nSPS) is 15.0. The van der Waals surface area contributed by atoms with E-state index < -0.39 is 35.8 Å². The molecule has 0 saturated heterocycles. The van der Waals surface area contributed by atoms with Gasteiger partial charge in [0.25, 0.3) is 17.7 Å². The Morgan fingerprint density at radius 1 is 0.867 bits per heavy atom. The number of fused-ring (bicyclic) bond motifs is 1. The fourth-order valence-corrected chi connectivity index (χ4v) is 3.19. The molecule has 0 aliphatic carbocycles. The Morgan fingerprint density at radius 3 is 1.90 bits per heavy atom. The smallest absolute Gasteiger partial charge is 0.329 e. The maximum Gasteiger partial charge on any atom is 0.329 e. The molecule has 1 heterocycles. The molecule has 0 radical (unpaired) electrons. The van der Waals surface area contributed by atoms with Crippen LogP contribution in [0.5, 0.6) is 0 Å². The fraction of sp³-hybridized carbons (Fsp3) is 0.304. The number of rotatable bonds is 6. The summed E-state index contributed by atoms with van der Waals surface area (Å²) in [4.78, 5) is 50.8. The maximum atomic E-state index is 12.5. The summed E-state index contributed by atoms with van der Waals surface area (Å²) in [5.41, 5.74) is 2.22. The van der Waals surface area contributed by atoms with Gasteiger partial charge in [0.15, 0.2) is 6.10 Å². The number of nitrogens with zero attached hydrogens (tertiary/aromatic N) is 1. The summed E-state index contributed by atoms with van der Waals surface area (Å²) < 4.78 is 5.22. The predicted molar refractivity (Wildman–Crippen MR) is 111 cm³/mol. The summed E-state index contributed by atoms with van der Waals surface area (Å²) in [5, 5.41) is 2.69. The lowest BCUT2D eigenvalue weighted by Gasteiger charge is -2.22. The second-order valence-corrected chi connectivity index (χ2v) is 7.55. The van der Waals surface area contributed by atoms with Crippen molar-refractivity contribution in [2.75, 3.05) is 5.32 Å². The highest BCUT2D eigenvalue weighted by atomic mass is 16.5. The number of benzene rings is 2. The molecule has 1 aliphatic rings. The molecule has 7 nitrogen and oxygen atoms in total. The molecular formula is C23H24N2O5. The highest BCUT2D eigenvalue weighted by Crippen LogP contribution is 2.25. The number of anilines is 1. The number of nitrogens with one attached hydrogen (secondary N) is 1. The third-order valence-corrected chi connectivity index (χ3v) is 5.06. The molecule has 3 rings (SSSR count). The number of esters is 1. The molecule has 0 bridgehead atoms. The average Bonchev–Trinajstić information content (AvgIpc) is 2.98. The minimum absolute atomic E-state index is 0.248. The molecule has 0 unspecified atom stereocenters. The first-order valence-corrected chi connectivity index (χ1v) is 9.79. The number of ether oxygens (including phenoxy) is 1. The fourth-order valence-electron chi connectivity index (χ4n) is 3.19. The van der Waals surface area contributed by atoms with Gasteiger partial charge in [-0.05, 0) is 49.6 Å². The van der Waals surface area contributed by atoms with E-state index >= 15 is 0 Å². The number of carbonyl (C=O) groups is 4. The van der Waals surface area contributed by atoms with E-state index in [0.29, 0.717) is 11.6 Å². The highest BCUT2D eigenvalue weighted by molar-refractivity contribution is 6.22. The van der Waals surface area contributed by atoms with E-state index in [1.54, 1.807) is 24.3 Å². The first kappa shape index (κ1) is 21.2. The third kappa shape index (κ3) is 4.10. The second kappa shape index (κ2) is 8.49. The molecule has 156 valence electrons. The Kier molecular flexibility index (Phi) is 6.01. The van der Waals surface area contributed by atoms with Crippen LogP contribution in [0.4, 0.5) is 5.69 Å². The molecule has 7 heteroatoms. The first-order chi connectivity index (χ1) is 14.2. The topological polar surface area (TPSA) is 92.8 Å². The Hall–Kier alpha value is -3.48. The van der Waals surface area contributed by atoms with Crippen LogP contribution in [0, 0.1) is 0 Å². The van der Waals surface area contributed by atoms with Crippen LogP contribution in [0.1, 0.15) is 59.9 Å². The van der Waals surface area contributed by atoms with E-state index in [2.05, 4.69) is 19.2 Å². The van der Waals surface area contributed by atoms with Gasteiger partial charge in [0, 0.05) is 5.69 Å². The summed E-state index contributed by atoms with van der Waals surface area (Å²) in [5.74, 6) is -2.07. The van der Waals surface area contributed by atoms with Crippen LogP contribution < -0.4 is 5.32 Å². The molecule has 3 amide bonds. The monoisotopic (exact) mass is 408 g/mol. The lowest BCUT2D eigenvalue weighted by Crippen LogP contribution is -2.45. The second-order valence-electron chi connectivity index (χ2n) is 7.55. The lowest BCUT2D eigenvalue weighted by atomic mass is 10.0. The van der Waals surface area contributed by atoms with Gasteiger partial charge in [0.05, 0.1) is 11.1 Å². The van der Waals surface area contributed by atoms with Crippen molar-refractivity contribution in [3.8, 4) is 0 Å². The number of imide groups is 1. The molecule has 0 fully saturated rings. The van der Waals surface area contributed by atoms with Gasteiger partial charge in [0.2, 0.25) is 0 Å².